The number of pyridine rings is 1. The van der Waals surface area contributed by atoms with Crippen molar-refractivity contribution in [2.24, 2.45) is 0 Å². The predicted molar refractivity (Wildman–Crippen MR) is 85.1 cm³/mol. The molecule has 1 aliphatic rings. The number of benzene rings is 1. The van der Waals surface area contributed by atoms with E-state index in [1.807, 2.05) is 31.3 Å². The molecule has 0 spiro atoms. The molecule has 1 aromatic carbocycles. The number of rotatable bonds is 3. The molecule has 1 saturated carbocycles. The Bertz CT molecular complexity index is 570. The number of hydrogen-bond acceptors (Lipinski definition) is 2. The zero-order valence-corrected chi connectivity index (χ0v) is 12.6. The second-order valence-electron chi connectivity index (χ2n) is 6.22. The van der Waals surface area contributed by atoms with Gasteiger partial charge in [0.05, 0.1) is 6.10 Å². The molecule has 21 heavy (non-hydrogen) atoms. The maximum atomic E-state index is 11.1. The van der Waals surface area contributed by atoms with Crippen LogP contribution in [-0.2, 0) is 5.41 Å². The molecule has 2 heteroatoms. The van der Waals surface area contributed by atoms with Gasteiger partial charge in [-0.15, -0.1) is 0 Å². The summed E-state index contributed by atoms with van der Waals surface area (Å²) in [5, 5.41) is 11.1. The summed E-state index contributed by atoms with van der Waals surface area (Å²) in [6.07, 6.45) is 7.09. The fourth-order valence-corrected chi connectivity index (χ4v) is 3.63. The van der Waals surface area contributed by atoms with E-state index in [4.69, 9.17) is 0 Å². The van der Waals surface area contributed by atoms with Gasteiger partial charge in [0.1, 0.15) is 0 Å². The van der Waals surface area contributed by atoms with E-state index in [1.165, 1.54) is 24.8 Å². The van der Waals surface area contributed by atoms with Crippen LogP contribution in [0.25, 0.3) is 0 Å². The van der Waals surface area contributed by atoms with Crippen LogP contribution >= 0.6 is 0 Å². The van der Waals surface area contributed by atoms with E-state index in [0.717, 1.165) is 24.1 Å². The van der Waals surface area contributed by atoms with Crippen molar-refractivity contribution in [3.63, 3.8) is 0 Å². The van der Waals surface area contributed by atoms with Gasteiger partial charge in [0.15, 0.2) is 0 Å². The Morgan fingerprint density at radius 3 is 2.33 bits per heavy atom. The number of aromatic nitrogens is 1. The van der Waals surface area contributed by atoms with Crippen LogP contribution in [0.15, 0.2) is 48.7 Å². The number of hydrogen-bond donors (Lipinski definition) is 1. The van der Waals surface area contributed by atoms with E-state index in [9.17, 15) is 5.11 Å². The lowest BCUT2D eigenvalue weighted by Crippen LogP contribution is -2.36. The summed E-state index contributed by atoms with van der Waals surface area (Å²) in [5.41, 5.74) is 3.03. The summed E-state index contributed by atoms with van der Waals surface area (Å²) in [6.45, 7) is 1.98. The maximum absolute atomic E-state index is 11.1. The fraction of sp³-hybridized carbons (Fsp3) is 0.421. The molecular formula is C19H23NO. The predicted octanol–water partition coefficient (Wildman–Crippen LogP) is 4.33. The van der Waals surface area contributed by atoms with Gasteiger partial charge in [0.2, 0.25) is 0 Å². The first-order chi connectivity index (χ1) is 10.2. The normalized spacial score (nSPS) is 19.1. The van der Waals surface area contributed by atoms with Gasteiger partial charge in [-0.05, 0) is 37.0 Å². The monoisotopic (exact) mass is 281 g/mol. The topological polar surface area (TPSA) is 33.1 Å². The number of aliphatic hydroxyl groups excluding tert-OH is 1. The SMILES string of the molecule is Cc1ccc(C(O)C2(c3ccccc3)CCCCC2)cn1. The molecule has 2 aromatic rings. The summed E-state index contributed by atoms with van der Waals surface area (Å²) in [5.74, 6) is 0. The molecule has 0 saturated heterocycles. The number of aryl methyl sites for hydroxylation is 1. The average Bonchev–Trinajstić information content (AvgIpc) is 2.56. The van der Waals surface area contributed by atoms with E-state index in [0.29, 0.717) is 0 Å². The molecule has 0 amide bonds. The molecule has 1 N–H and O–H groups in total. The van der Waals surface area contributed by atoms with Gasteiger partial charge >= 0.3 is 0 Å². The minimum atomic E-state index is -0.478. The Kier molecular flexibility index (Phi) is 4.07. The largest absolute Gasteiger partial charge is 0.387 e. The Labute approximate surface area is 126 Å². The molecule has 1 atom stereocenters. The summed E-state index contributed by atoms with van der Waals surface area (Å²) in [7, 11) is 0. The smallest absolute Gasteiger partial charge is 0.0901 e. The lowest BCUT2D eigenvalue weighted by Gasteiger charge is -2.42. The second kappa shape index (κ2) is 5.98. The van der Waals surface area contributed by atoms with Gasteiger partial charge in [-0.2, -0.15) is 0 Å². The highest BCUT2D eigenvalue weighted by molar-refractivity contribution is 5.32. The van der Waals surface area contributed by atoms with Crippen molar-refractivity contribution < 1.29 is 5.11 Å². The molecule has 1 aromatic heterocycles. The molecule has 0 radical (unpaired) electrons. The first kappa shape index (κ1) is 14.3. The lowest BCUT2D eigenvalue weighted by molar-refractivity contribution is 0.0525. The Morgan fingerprint density at radius 2 is 1.71 bits per heavy atom. The molecule has 3 rings (SSSR count). The van der Waals surface area contributed by atoms with Crippen LogP contribution in [0.4, 0.5) is 0 Å². The zero-order chi connectivity index (χ0) is 14.7. The van der Waals surface area contributed by atoms with Crippen LogP contribution in [0, 0.1) is 6.92 Å². The maximum Gasteiger partial charge on any atom is 0.0901 e. The van der Waals surface area contributed by atoms with Gasteiger partial charge in [-0.1, -0.05) is 55.7 Å². The minimum Gasteiger partial charge on any atom is -0.387 e. The molecule has 1 heterocycles. The van der Waals surface area contributed by atoms with Crippen LogP contribution in [0.5, 0.6) is 0 Å². The van der Waals surface area contributed by atoms with Crippen LogP contribution in [0.3, 0.4) is 0 Å². The minimum absolute atomic E-state index is 0.156. The van der Waals surface area contributed by atoms with Crippen molar-refractivity contribution in [1.82, 2.24) is 4.98 Å². The van der Waals surface area contributed by atoms with Crippen LogP contribution < -0.4 is 0 Å². The van der Waals surface area contributed by atoms with Crippen molar-refractivity contribution in [2.45, 2.75) is 50.5 Å². The Balaban J connectivity index is 2.01. The van der Waals surface area contributed by atoms with Gasteiger partial charge in [-0.3, -0.25) is 4.98 Å². The summed E-state index contributed by atoms with van der Waals surface area (Å²) in [6, 6.07) is 14.5. The molecule has 1 unspecified atom stereocenters. The van der Waals surface area contributed by atoms with E-state index >= 15 is 0 Å². The van der Waals surface area contributed by atoms with E-state index in [2.05, 4.69) is 29.2 Å². The van der Waals surface area contributed by atoms with E-state index in [-0.39, 0.29) is 5.41 Å². The highest BCUT2D eigenvalue weighted by Gasteiger charge is 2.41. The zero-order valence-electron chi connectivity index (χ0n) is 12.6. The molecule has 1 fully saturated rings. The Morgan fingerprint density at radius 1 is 1.00 bits per heavy atom. The van der Waals surface area contributed by atoms with Crippen molar-refractivity contribution in [1.29, 1.82) is 0 Å². The van der Waals surface area contributed by atoms with E-state index < -0.39 is 6.10 Å². The van der Waals surface area contributed by atoms with Gasteiger partial charge in [-0.25, -0.2) is 0 Å². The summed E-state index contributed by atoms with van der Waals surface area (Å²) >= 11 is 0. The number of nitrogens with zero attached hydrogens (tertiary/aromatic N) is 1. The second-order valence-corrected chi connectivity index (χ2v) is 6.22. The van der Waals surface area contributed by atoms with Crippen molar-refractivity contribution in [3.8, 4) is 0 Å². The summed E-state index contributed by atoms with van der Waals surface area (Å²) < 4.78 is 0. The fourth-order valence-electron chi connectivity index (χ4n) is 3.63. The van der Waals surface area contributed by atoms with Crippen LogP contribution in [0.2, 0.25) is 0 Å². The standard InChI is InChI=1S/C19H23NO/c1-15-10-11-16(14-20-15)18(21)19(12-6-3-7-13-19)17-8-4-2-5-9-17/h2,4-5,8-11,14,18,21H,3,6-7,12-13H2,1H3. The molecule has 2 nitrogen and oxygen atoms in total. The third-order valence-corrected chi connectivity index (χ3v) is 4.87. The highest BCUT2D eigenvalue weighted by atomic mass is 16.3. The summed E-state index contributed by atoms with van der Waals surface area (Å²) in [4.78, 5) is 4.36. The average molecular weight is 281 g/mol. The first-order valence-electron chi connectivity index (χ1n) is 7.88. The Hall–Kier alpha value is -1.67. The van der Waals surface area contributed by atoms with Crippen molar-refractivity contribution >= 4 is 0 Å². The van der Waals surface area contributed by atoms with Gasteiger partial charge < -0.3 is 5.11 Å². The first-order valence-corrected chi connectivity index (χ1v) is 7.88. The lowest BCUT2D eigenvalue weighted by atomic mass is 9.64. The van der Waals surface area contributed by atoms with Crippen LogP contribution in [0.1, 0.15) is 55.0 Å². The van der Waals surface area contributed by atoms with Crippen molar-refractivity contribution in [3.05, 3.63) is 65.5 Å². The quantitative estimate of drug-likeness (QED) is 0.908. The molecular weight excluding hydrogens is 258 g/mol. The molecule has 1 aliphatic carbocycles. The molecule has 0 aliphatic heterocycles. The highest BCUT2D eigenvalue weighted by Crippen LogP contribution is 2.48. The van der Waals surface area contributed by atoms with Crippen LogP contribution in [-0.4, -0.2) is 10.1 Å². The van der Waals surface area contributed by atoms with Gasteiger partial charge in [0.25, 0.3) is 0 Å². The third kappa shape index (κ3) is 2.73. The van der Waals surface area contributed by atoms with E-state index in [1.54, 1.807) is 0 Å². The number of aliphatic hydroxyl groups is 1. The van der Waals surface area contributed by atoms with Crippen molar-refractivity contribution in [2.75, 3.05) is 0 Å². The molecule has 110 valence electrons. The third-order valence-electron chi connectivity index (χ3n) is 4.87. The van der Waals surface area contributed by atoms with Gasteiger partial charge in [0, 0.05) is 17.3 Å². The molecule has 0 bridgehead atoms.